The molecule has 2 aromatic carbocycles. The van der Waals surface area contributed by atoms with Crippen molar-refractivity contribution in [1.82, 2.24) is 0 Å². The largest absolute Gasteiger partial charge is 0.467 e. The average Bonchev–Trinajstić information content (AvgIpc) is 2.84. The predicted molar refractivity (Wildman–Crippen MR) is 92.6 cm³/mol. The molecule has 2 aromatic rings. The van der Waals surface area contributed by atoms with Crippen LogP contribution in [0.5, 0.6) is 0 Å². The summed E-state index contributed by atoms with van der Waals surface area (Å²) < 4.78 is 5.74. The van der Waals surface area contributed by atoms with Crippen LogP contribution >= 0.6 is 23.2 Å². The lowest BCUT2D eigenvalue weighted by atomic mass is 9.83. The standard InChI is InChI=1S/C18H15Cl2NO2/c1-11-21-18(2,13-5-9-15(20)10-6-13)17(23-11)16(22)12-3-7-14(19)8-4-12/h3-10,17H,1-2H3. The van der Waals surface area contributed by atoms with Crippen molar-refractivity contribution in [2.24, 2.45) is 4.99 Å². The summed E-state index contributed by atoms with van der Waals surface area (Å²) in [7, 11) is 0. The molecule has 2 atom stereocenters. The fraction of sp³-hybridized carbons (Fsp3) is 0.222. The van der Waals surface area contributed by atoms with Crippen LogP contribution in [-0.4, -0.2) is 17.8 Å². The number of hydrogen-bond acceptors (Lipinski definition) is 3. The molecule has 118 valence electrons. The second kappa shape index (κ2) is 5.99. The molecular weight excluding hydrogens is 333 g/mol. The highest BCUT2D eigenvalue weighted by Gasteiger charge is 2.47. The van der Waals surface area contributed by atoms with Crippen molar-refractivity contribution in [2.75, 3.05) is 0 Å². The van der Waals surface area contributed by atoms with Gasteiger partial charge in [0.05, 0.1) is 0 Å². The Labute approximate surface area is 144 Å². The first kappa shape index (κ1) is 16.0. The number of carbonyl (C=O) groups excluding carboxylic acids is 1. The highest BCUT2D eigenvalue weighted by atomic mass is 35.5. The summed E-state index contributed by atoms with van der Waals surface area (Å²) in [5.41, 5.74) is 0.640. The summed E-state index contributed by atoms with van der Waals surface area (Å²) in [4.78, 5) is 17.5. The van der Waals surface area contributed by atoms with Crippen molar-refractivity contribution < 1.29 is 9.53 Å². The van der Waals surface area contributed by atoms with Crippen LogP contribution < -0.4 is 0 Å². The molecule has 0 saturated heterocycles. The van der Waals surface area contributed by atoms with E-state index >= 15 is 0 Å². The van der Waals surface area contributed by atoms with Crippen LogP contribution in [0, 0.1) is 0 Å². The van der Waals surface area contributed by atoms with Gasteiger partial charge in [0.25, 0.3) is 0 Å². The van der Waals surface area contributed by atoms with E-state index in [4.69, 9.17) is 27.9 Å². The van der Waals surface area contributed by atoms with E-state index in [1.807, 2.05) is 19.1 Å². The SMILES string of the molecule is CC1=NC(C)(c2ccc(Cl)cc2)C(C(=O)c2ccc(Cl)cc2)O1. The first-order valence-electron chi connectivity index (χ1n) is 7.19. The second-order valence-corrected chi connectivity index (χ2v) is 6.53. The van der Waals surface area contributed by atoms with Gasteiger partial charge >= 0.3 is 0 Å². The Balaban J connectivity index is 1.99. The van der Waals surface area contributed by atoms with Gasteiger partial charge in [0.1, 0.15) is 5.54 Å². The van der Waals surface area contributed by atoms with Gasteiger partial charge in [-0.15, -0.1) is 0 Å². The first-order valence-corrected chi connectivity index (χ1v) is 7.95. The van der Waals surface area contributed by atoms with Crippen molar-refractivity contribution in [3.05, 3.63) is 69.7 Å². The molecule has 1 aliphatic rings. The van der Waals surface area contributed by atoms with Gasteiger partial charge in [0.15, 0.2) is 12.0 Å². The minimum absolute atomic E-state index is 0.125. The van der Waals surface area contributed by atoms with E-state index in [1.165, 1.54) is 0 Å². The molecule has 0 fully saturated rings. The lowest BCUT2D eigenvalue weighted by Gasteiger charge is -2.27. The Morgan fingerprint density at radius 1 is 1.04 bits per heavy atom. The van der Waals surface area contributed by atoms with Crippen LogP contribution in [0.2, 0.25) is 10.0 Å². The highest BCUT2D eigenvalue weighted by molar-refractivity contribution is 6.31. The summed E-state index contributed by atoms with van der Waals surface area (Å²) in [5.74, 6) is 0.370. The van der Waals surface area contributed by atoms with Crippen LogP contribution in [0.25, 0.3) is 0 Å². The van der Waals surface area contributed by atoms with Crippen molar-refractivity contribution >= 4 is 34.9 Å². The third-order valence-electron chi connectivity index (χ3n) is 3.98. The normalized spacial score (nSPS) is 23.3. The molecule has 0 bridgehead atoms. The molecule has 0 spiro atoms. The molecule has 0 aromatic heterocycles. The molecule has 23 heavy (non-hydrogen) atoms. The van der Waals surface area contributed by atoms with Gasteiger partial charge in [-0.25, -0.2) is 4.99 Å². The van der Waals surface area contributed by atoms with Crippen LogP contribution in [0.3, 0.4) is 0 Å². The fourth-order valence-corrected chi connectivity index (χ4v) is 3.03. The maximum absolute atomic E-state index is 12.9. The average molecular weight is 348 g/mol. The van der Waals surface area contributed by atoms with E-state index in [0.717, 1.165) is 5.56 Å². The number of carbonyl (C=O) groups is 1. The van der Waals surface area contributed by atoms with Gasteiger partial charge in [0.2, 0.25) is 5.78 Å². The molecule has 0 aliphatic carbocycles. The Kier molecular flexibility index (Phi) is 4.17. The number of Topliss-reactive ketones (excluding diaryl/α,β-unsaturated/α-hetero) is 1. The van der Waals surface area contributed by atoms with Gasteiger partial charge in [-0.2, -0.15) is 0 Å². The first-order chi connectivity index (χ1) is 10.9. The molecular formula is C18H15Cl2NO2. The number of ketones is 1. The van der Waals surface area contributed by atoms with Gasteiger partial charge in [-0.05, 0) is 48.9 Å². The maximum atomic E-state index is 12.9. The van der Waals surface area contributed by atoms with Gasteiger partial charge in [-0.1, -0.05) is 35.3 Å². The summed E-state index contributed by atoms with van der Waals surface area (Å²) in [6, 6.07) is 14.1. The maximum Gasteiger partial charge on any atom is 0.206 e. The number of benzene rings is 2. The summed E-state index contributed by atoms with van der Waals surface area (Å²) >= 11 is 11.8. The Morgan fingerprint density at radius 2 is 1.57 bits per heavy atom. The lowest BCUT2D eigenvalue weighted by molar-refractivity contribution is 0.0693. The summed E-state index contributed by atoms with van der Waals surface area (Å²) in [6.07, 6.45) is -0.718. The molecule has 2 unspecified atom stereocenters. The third-order valence-corrected chi connectivity index (χ3v) is 4.49. The van der Waals surface area contributed by atoms with E-state index in [1.54, 1.807) is 43.3 Å². The number of hydrogen-bond donors (Lipinski definition) is 0. The quantitative estimate of drug-likeness (QED) is 0.740. The van der Waals surface area contributed by atoms with Crippen LogP contribution in [-0.2, 0) is 10.3 Å². The molecule has 0 N–H and O–H groups in total. The number of aliphatic imine (C=N–C) groups is 1. The third kappa shape index (κ3) is 2.99. The zero-order valence-corrected chi connectivity index (χ0v) is 14.2. The van der Waals surface area contributed by atoms with E-state index in [0.29, 0.717) is 21.5 Å². The lowest BCUT2D eigenvalue weighted by Crippen LogP contribution is -2.39. The van der Waals surface area contributed by atoms with Gasteiger partial charge in [-0.3, -0.25) is 4.79 Å². The van der Waals surface area contributed by atoms with E-state index in [9.17, 15) is 4.79 Å². The smallest absolute Gasteiger partial charge is 0.206 e. The van der Waals surface area contributed by atoms with Gasteiger partial charge in [0, 0.05) is 22.5 Å². The van der Waals surface area contributed by atoms with E-state index in [-0.39, 0.29) is 5.78 Å². The van der Waals surface area contributed by atoms with Crippen molar-refractivity contribution in [2.45, 2.75) is 25.5 Å². The van der Waals surface area contributed by atoms with E-state index < -0.39 is 11.6 Å². The Hall–Kier alpha value is -1.84. The number of rotatable bonds is 3. The minimum Gasteiger partial charge on any atom is -0.467 e. The zero-order chi connectivity index (χ0) is 16.6. The number of nitrogens with zero attached hydrogens (tertiary/aromatic N) is 1. The predicted octanol–water partition coefficient (Wildman–Crippen LogP) is 4.91. The van der Waals surface area contributed by atoms with Crippen molar-refractivity contribution in [3.8, 4) is 0 Å². The molecule has 3 nitrogen and oxygen atoms in total. The van der Waals surface area contributed by atoms with Crippen LogP contribution in [0.15, 0.2) is 53.5 Å². The number of ether oxygens (including phenoxy) is 1. The molecule has 0 saturated carbocycles. The van der Waals surface area contributed by atoms with Crippen molar-refractivity contribution in [1.29, 1.82) is 0 Å². The van der Waals surface area contributed by atoms with Crippen molar-refractivity contribution in [3.63, 3.8) is 0 Å². The minimum atomic E-state index is -0.786. The van der Waals surface area contributed by atoms with Gasteiger partial charge < -0.3 is 4.74 Å². The molecule has 1 aliphatic heterocycles. The topological polar surface area (TPSA) is 38.7 Å². The second-order valence-electron chi connectivity index (χ2n) is 5.65. The molecule has 0 radical (unpaired) electrons. The Bertz CT molecular complexity index is 769. The Morgan fingerprint density at radius 3 is 2.13 bits per heavy atom. The summed E-state index contributed by atoms with van der Waals surface area (Å²) in [5, 5.41) is 1.22. The highest BCUT2D eigenvalue weighted by Crippen LogP contribution is 2.38. The monoisotopic (exact) mass is 347 g/mol. The molecule has 3 rings (SSSR count). The molecule has 0 amide bonds. The fourth-order valence-electron chi connectivity index (χ4n) is 2.77. The zero-order valence-electron chi connectivity index (χ0n) is 12.7. The van der Waals surface area contributed by atoms with Crippen LogP contribution in [0.4, 0.5) is 0 Å². The van der Waals surface area contributed by atoms with Crippen LogP contribution in [0.1, 0.15) is 29.8 Å². The van der Waals surface area contributed by atoms with E-state index in [2.05, 4.69) is 4.99 Å². The molecule has 5 heteroatoms. The summed E-state index contributed by atoms with van der Waals surface area (Å²) in [6.45, 7) is 3.65. The number of halogens is 2. The molecule has 1 heterocycles.